The predicted molar refractivity (Wildman–Crippen MR) is 78.1 cm³/mol. The summed E-state index contributed by atoms with van der Waals surface area (Å²) in [5.41, 5.74) is 1.62. The molecule has 0 bridgehead atoms. The van der Waals surface area contributed by atoms with Crippen molar-refractivity contribution in [1.29, 1.82) is 0 Å². The predicted octanol–water partition coefficient (Wildman–Crippen LogP) is 2.92. The second kappa shape index (κ2) is 5.99. The summed E-state index contributed by atoms with van der Waals surface area (Å²) in [6.45, 7) is 6.48. The van der Waals surface area contributed by atoms with Gasteiger partial charge in [-0.15, -0.1) is 0 Å². The number of benzene rings is 1. The van der Waals surface area contributed by atoms with Crippen molar-refractivity contribution in [2.75, 3.05) is 18.5 Å². The minimum absolute atomic E-state index is 0.127. The Balaban J connectivity index is 1.79. The lowest BCUT2D eigenvalue weighted by Crippen LogP contribution is -2.37. The molecule has 1 aromatic rings. The number of ether oxygens (including phenoxy) is 2. The van der Waals surface area contributed by atoms with Crippen molar-refractivity contribution in [2.24, 2.45) is 0 Å². The maximum atomic E-state index is 11.8. The molecule has 5 nitrogen and oxygen atoms in total. The van der Waals surface area contributed by atoms with Crippen molar-refractivity contribution in [3.05, 3.63) is 28.8 Å². The fraction of sp³-hybridized carbons (Fsp3) is 0.500. The summed E-state index contributed by atoms with van der Waals surface area (Å²) in [4.78, 5) is 11.8. The van der Waals surface area contributed by atoms with E-state index in [-0.39, 0.29) is 12.1 Å². The van der Waals surface area contributed by atoms with Crippen LogP contribution >= 0.6 is 11.6 Å². The molecule has 1 aromatic carbocycles. The van der Waals surface area contributed by atoms with Gasteiger partial charge in [0.1, 0.15) is 6.10 Å². The molecule has 2 rings (SSSR count). The van der Waals surface area contributed by atoms with Gasteiger partial charge in [0.25, 0.3) is 0 Å². The van der Waals surface area contributed by atoms with Crippen LogP contribution in [-0.4, -0.2) is 31.1 Å². The zero-order valence-electron chi connectivity index (χ0n) is 11.8. The average Bonchev–Trinajstić information content (AvgIpc) is 2.71. The molecular formula is C14H19ClN2O3. The van der Waals surface area contributed by atoms with Gasteiger partial charge in [-0.25, -0.2) is 4.79 Å². The lowest BCUT2D eigenvalue weighted by atomic mass is 10.2. The SMILES string of the molecule is Cc1ccc(NC(=O)NCC2COC(C)(C)O2)cc1Cl. The molecule has 2 N–H and O–H groups in total. The summed E-state index contributed by atoms with van der Waals surface area (Å²) in [6, 6.07) is 5.08. The van der Waals surface area contributed by atoms with Gasteiger partial charge < -0.3 is 20.1 Å². The topological polar surface area (TPSA) is 59.6 Å². The Morgan fingerprint density at radius 1 is 1.50 bits per heavy atom. The van der Waals surface area contributed by atoms with E-state index in [1.807, 2.05) is 26.8 Å². The molecule has 1 aliphatic rings. The lowest BCUT2D eigenvalue weighted by molar-refractivity contribution is -0.137. The molecular weight excluding hydrogens is 280 g/mol. The highest BCUT2D eigenvalue weighted by Gasteiger charge is 2.32. The number of amides is 2. The Morgan fingerprint density at radius 2 is 2.25 bits per heavy atom. The first-order valence-corrected chi connectivity index (χ1v) is 6.86. The smallest absolute Gasteiger partial charge is 0.319 e. The number of nitrogens with one attached hydrogen (secondary N) is 2. The van der Waals surface area contributed by atoms with E-state index in [2.05, 4.69) is 10.6 Å². The number of carbonyl (C=O) groups is 1. The van der Waals surface area contributed by atoms with Gasteiger partial charge in [0.15, 0.2) is 5.79 Å². The summed E-state index contributed by atoms with van der Waals surface area (Å²) >= 11 is 6.00. The molecule has 0 spiro atoms. The van der Waals surface area contributed by atoms with Gasteiger partial charge in [0, 0.05) is 17.3 Å². The van der Waals surface area contributed by atoms with Gasteiger partial charge in [-0.2, -0.15) is 0 Å². The molecule has 1 atom stereocenters. The summed E-state index contributed by atoms with van der Waals surface area (Å²) in [6.07, 6.45) is -0.127. The normalized spacial score (nSPS) is 20.7. The van der Waals surface area contributed by atoms with Crippen LogP contribution in [0.4, 0.5) is 10.5 Å². The van der Waals surface area contributed by atoms with Crippen molar-refractivity contribution in [1.82, 2.24) is 5.32 Å². The van der Waals surface area contributed by atoms with Crippen molar-refractivity contribution >= 4 is 23.3 Å². The van der Waals surface area contributed by atoms with E-state index in [1.165, 1.54) is 0 Å². The minimum Gasteiger partial charge on any atom is -0.348 e. The van der Waals surface area contributed by atoms with Crippen LogP contribution in [0.2, 0.25) is 5.02 Å². The molecule has 1 unspecified atom stereocenters. The Hall–Kier alpha value is -1.30. The Morgan fingerprint density at radius 3 is 2.85 bits per heavy atom. The molecule has 1 heterocycles. The largest absolute Gasteiger partial charge is 0.348 e. The highest BCUT2D eigenvalue weighted by atomic mass is 35.5. The molecule has 1 saturated heterocycles. The maximum Gasteiger partial charge on any atom is 0.319 e. The molecule has 0 radical (unpaired) electrons. The van der Waals surface area contributed by atoms with Crippen LogP contribution in [0.1, 0.15) is 19.4 Å². The maximum absolute atomic E-state index is 11.8. The van der Waals surface area contributed by atoms with Gasteiger partial charge in [-0.05, 0) is 38.5 Å². The van der Waals surface area contributed by atoms with Crippen LogP contribution in [-0.2, 0) is 9.47 Å². The van der Waals surface area contributed by atoms with Gasteiger partial charge in [-0.3, -0.25) is 0 Å². The lowest BCUT2D eigenvalue weighted by Gasteiger charge is -2.17. The van der Waals surface area contributed by atoms with Crippen molar-refractivity contribution < 1.29 is 14.3 Å². The van der Waals surface area contributed by atoms with Crippen LogP contribution < -0.4 is 10.6 Å². The Bertz CT molecular complexity index is 505. The number of carbonyl (C=O) groups excluding carboxylic acids is 1. The molecule has 6 heteroatoms. The summed E-state index contributed by atoms with van der Waals surface area (Å²) in [5.74, 6) is -0.576. The molecule has 20 heavy (non-hydrogen) atoms. The third-order valence-corrected chi connectivity index (χ3v) is 3.39. The van der Waals surface area contributed by atoms with Crippen LogP contribution in [0.3, 0.4) is 0 Å². The highest BCUT2D eigenvalue weighted by Crippen LogP contribution is 2.22. The summed E-state index contributed by atoms with van der Waals surface area (Å²) in [7, 11) is 0. The van der Waals surface area contributed by atoms with E-state index in [1.54, 1.807) is 12.1 Å². The van der Waals surface area contributed by atoms with Crippen LogP contribution in [0.15, 0.2) is 18.2 Å². The van der Waals surface area contributed by atoms with E-state index in [0.717, 1.165) is 5.56 Å². The number of aryl methyl sites for hydroxylation is 1. The second-order valence-electron chi connectivity index (χ2n) is 5.25. The average molecular weight is 299 g/mol. The third-order valence-electron chi connectivity index (χ3n) is 2.99. The quantitative estimate of drug-likeness (QED) is 0.902. The monoisotopic (exact) mass is 298 g/mol. The molecule has 0 saturated carbocycles. The fourth-order valence-electron chi connectivity index (χ4n) is 1.92. The number of halogens is 1. The van der Waals surface area contributed by atoms with Crippen LogP contribution in [0, 0.1) is 6.92 Å². The summed E-state index contributed by atoms with van der Waals surface area (Å²) < 4.78 is 11.0. The molecule has 0 aromatic heterocycles. The first-order chi connectivity index (χ1) is 9.35. The summed E-state index contributed by atoms with van der Waals surface area (Å²) in [5, 5.41) is 6.09. The van der Waals surface area contributed by atoms with Crippen LogP contribution in [0.5, 0.6) is 0 Å². The van der Waals surface area contributed by atoms with Crippen molar-refractivity contribution in [3.63, 3.8) is 0 Å². The zero-order valence-corrected chi connectivity index (χ0v) is 12.6. The number of urea groups is 1. The fourth-order valence-corrected chi connectivity index (χ4v) is 2.10. The van der Waals surface area contributed by atoms with E-state index in [9.17, 15) is 4.79 Å². The van der Waals surface area contributed by atoms with E-state index in [0.29, 0.717) is 23.9 Å². The van der Waals surface area contributed by atoms with E-state index >= 15 is 0 Å². The third kappa shape index (κ3) is 4.10. The van der Waals surface area contributed by atoms with E-state index < -0.39 is 5.79 Å². The van der Waals surface area contributed by atoms with Gasteiger partial charge in [0.05, 0.1) is 6.61 Å². The molecule has 0 aliphatic carbocycles. The number of anilines is 1. The van der Waals surface area contributed by atoms with Gasteiger partial charge in [0.2, 0.25) is 0 Å². The first kappa shape index (κ1) is 15.1. The zero-order chi connectivity index (χ0) is 14.8. The first-order valence-electron chi connectivity index (χ1n) is 6.48. The second-order valence-corrected chi connectivity index (χ2v) is 5.66. The van der Waals surface area contributed by atoms with Crippen molar-refractivity contribution in [2.45, 2.75) is 32.7 Å². The molecule has 110 valence electrons. The van der Waals surface area contributed by atoms with Gasteiger partial charge >= 0.3 is 6.03 Å². The minimum atomic E-state index is -0.576. The molecule has 2 amide bonds. The number of hydrogen-bond donors (Lipinski definition) is 2. The number of hydrogen-bond acceptors (Lipinski definition) is 3. The Kier molecular flexibility index (Phi) is 4.52. The van der Waals surface area contributed by atoms with E-state index in [4.69, 9.17) is 21.1 Å². The molecule has 1 aliphatic heterocycles. The highest BCUT2D eigenvalue weighted by molar-refractivity contribution is 6.31. The Labute approximate surface area is 123 Å². The molecule has 1 fully saturated rings. The standard InChI is InChI=1S/C14H19ClN2O3/c1-9-4-5-10(6-12(9)15)17-13(18)16-7-11-8-19-14(2,3)20-11/h4-6,11H,7-8H2,1-3H3,(H2,16,17,18). The number of rotatable bonds is 3. The van der Waals surface area contributed by atoms with Gasteiger partial charge in [-0.1, -0.05) is 17.7 Å². The van der Waals surface area contributed by atoms with Crippen LogP contribution in [0.25, 0.3) is 0 Å². The van der Waals surface area contributed by atoms with Crippen molar-refractivity contribution in [3.8, 4) is 0 Å².